The van der Waals surface area contributed by atoms with Crippen molar-refractivity contribution in [1.82, 2.24) is 9.55 Å². The van der Waals surface area contributed by atoms with E-state index >= 15 is 0 Å². The molecule has 1 aromatic heterocycles. The average molecular weight is 277 g/mol. The second kappa shape index (κ2) is 5.83. The fraction of sp³-hybridized carbons (Fsp3) is 0.167. The molecule has 106 valence electrons. The lowest BCUT2D eigenvalue weighted by Crippen LogP contribution is -2.01. The van der Waals surface area contributed by atoms with Crippen molar-refractivity contribution in [2.24, 2.45) is 0 Å². The third-order valence-electron chi connectivity index (χ3n) is 3.60. The summed E-state index contributed by atoms with van der Waals surface area (Å²) in [6.07, 6.45) is 5.54. The maximum absolute atomic E-state index is 4.06. The number of rotatable bonds is 4. The lowest BCUT2D eigenvalue weighted by molar-refractivity contribution is 1.05. The molecule has 0 unspecified atom stereocenters. The molecular formula is C18H19N3. The van der Waals surface area contributed by atoms with E-state index in [1.165, 1.54) is 22.4 Å². The predicted octanol–water partition coefficient (Wildman–Crippen LogP) is 4.10. The van der Waals surface area contributed by atoms with Crippen LogP contribution in [0.4, 0.5) is 5.69 Å². The normalized spacial score (nSPS) is 10.6. The van der Waals surface area contributed by atoms with Crippen molar-refractivity contribution in [2.75, 3.05) is 5.32 Å². The minimum atomic E-state index is 0.827. The Kier molecular flexibility index (Phi) is 3.73. The molecular weight excluding hydrogens is 258 g/mol. The third-order valence-corrected chi connectivity index (χ3v) is 3.60. The number of anilines is 1. The molecule has 0 saturated heterocycles. The van der Waals surface area contributed by atoms with Gasteiger partial charge in [0.1, 0.15) is 0 Å². The van der Waals surface area contributed by atoms with Gasteiger partial charge in [0.05, 0.1) is 6.33 Å². The zero-order chi connectivity index (χ0) is 14.7. The molecule has 3 aromatic rings. The summed E-state index contributed by atoms with van der Waals surface area (Å²) in [5.74, 6) is 0. The van der Waals surface area contributed by atoms with Crippen LogP contribution in [0.3, 0.4) is 0 Å². The predicted molar refractivity (Wildman–Crippen MR) is 86.8 cm³/mol. The Morgan fingerprint density at radius 2 is 1.86 bits per heavy atom. The maximum atomic E-state index is 4.06. The van der Waals surface area contributed by atoms with E-state index in [2.05, 4.69) is 66.6 Å². The van der Waals surface area contributed by atoms with Crippen LogP contribution in [0.25, 0.3) is 5.69 Å². The first-order valence-electron chi connectivity index (χ1n) is 7.11. The molecule has 3 nitrogen and oxygen atoms in total. The van der Waals surface area contributed by atoms with E-state index in [4.69, 9.17) is 0 Å². The standard InChI is InChI=1S/C18H19N3/c1-14-3-8-18(15(2)11-14)20-12-16-4-6-17(7-5-16)21-10-9-19-13-21/h3-11,13,20H,12H2,1-2H3. The van der Waals surface area contributed by atoms with E-state index in [1.807, 2.05) is 17.1 Å². The number of nitrogens with zero attached hydrogens (tertiary/aromatic N) is 2. The van der Waals surface area contributed by atoms with Crippen LogP contribution in [0, 0.1) is 13.8 Å². The molecule has 0 aliphatic heterocycles. The molecule has 1 N–H and O–H groups in total. The molecule has 0 radical (unpaired) electrons. The van der Waals surface area contributed by atoms with Crippen molar-refractivity contribution in [3.8, 4) is 5.69 Å². The minimum Gasteiger partial charge on any atom is -0.381 e. The average Bonchev–Trinajstić information content (AvgIpc) is 3.01. The minimum absolute atomic E-state index is 0.827. The van der Waals surface area contributed by atoms with E-state index in [1.54, 1.807) is 6.20 Å². The van der Waals surface area contributed by atoms with Crippen molar-refractivity contribution in [3.63, 3.8) is 0 Å². The van der Waals surface area contributed by atoms with Gasteiger partial charge in [-0.1, -0.05) is 29.8 Å². The SMILES string of the molecule is Cc1ccc(NCc2ccc(-n3ccnc3)cc2)c(C)c1. The van der Waals surface area contributed by atoms with Crippen LogP contribution in [0.5, 0.6) is 0 Å². The summed E-state index contributed by atoms with van der Waals surface area (Å²) in [7, 11) is 0. The Bertz CT molecular complexity index is 713. The maximum Gasteiger partial charge on any atom is 0.0991 e. The van der Waals surface area contributed by atoms with Gasteiger partial charge in [0.2, 0.25) is 0 Å². The highest BCUT2D eigenvalue weighted by Gasteiger charge is 2.00. The molecule has 0 atom stereocenters. The smallest absolute Gasteiger partial charge is 0.0991 e. The van der Waals surface area contributed by atoms with E-state index in [0.717, 1.165) is 12.2 Å². The second-order valence-corrected chi connectivity index (χ2v) is 5.31. The number of nitrogens with one attached hydrogen (secondary N) is 1. The highest BCUT2D eigenvalue weighted by molar-refractivity contribution is 5.52. The number of hydrogen-bond donors (Lipinski definition) is 1. The Hall–Kier alpha value is -2.55. The van der Waals surface area contributed by atoms with Gasteiger partial charge in [-0.25, -0.2) is 4.98 Å². The lowest BCUT2D eigenvalue weighted by Gasteiger charge is -2.11. The van der Waals surface area contributed by atoms with E-state index in [0.29, 0.717) is 0 Å². The first kappa shape index (κ1) is 13.4. The molecule has 3 rings (SSSR count). The Morgan fingerprint density at radius 1 is 1.05 bits per heavy atom. The van der Waals surface area contributed by atoms with Crippen LogP contribution in [0.2, 0.25) is 0 Å². The highest BCUT2D eigenvalue weighted by atomic mass is 15.0. The zero-order valence-corrected chi connectivity index (χ0v) is 12.4. The number of hydrogen-bond acceptors (Lipinski definition) is 2. The molecule has 3 heteroatoms. The van der Waals surface area contributed by atoms with Gasteiger partial charge in [-0.3, -0.25) is 0 Å². The van der Waals surface area contributed by atoms with Crippen molar-refractivity contribution in [2.45, 2.75) is 20.4 Å². The van der Waals surface area contributed by atoms with Gasteiger partial charge in [0.25, 0.3) is 0 Å². The summed E-state index contributed by atoms with van der Waals surface area (Å²) in [5, 5.41) is 3.49. The fourth-order valence-electron chi connectivity index (χ4n) is 2.41. The molecule has 21 heavy (non-hydrogen) atoms. The van der Waals surface area contributed by atoms with E-state index in [-0.39, 0.29) is 0 Å². The van der Waals surface area contributed by atoms with Gasteiger partial charge in [0, 0.05) is 30.3 Å². The van der Waals surface area contributed by atoms with Gasteiger partial charge < -0.3 is 9.88 Å². The van der Waals surface area contributed by atoms with Crippen molar-refractivity contribution in [3.05, 3.63) is 77.9 Å². The Morgan fingerprint density at radius 3 is 2.52 bits per heavy atom. The monoisotopic (exact) mass is 277 g/mol. The Balaban J connectivity index is 1.68. The first-order valence-corrected chi connectivity index (χ1v) is 7.11. The van der Waals surface area contributed by atoms with E-state index in [9.17, 15) is 0 Å². The van der Waals surface area contributed by atoms with Crippen molar-refractivity contribution >= 4 is 5.69 Å². The molecule has 0 bridgehead atoms. The van der Waals surface area contributed by atoms with Gasteiger partial charge >= 0.3 is 0 Å². The van der Waals surface area contributed by atoms with Gasteiger partial charge in [0.15, 0.2) is 0 Å². The first-order chi connectivity index (χ1) is 10.2. The molecule has 1 heterocycles. The van der Waals surface area contributed by atoms with Crippen LogP contribution >= 0.6 is 0 Å². The molecule has 0 aliphatic carbocycles. The molecule has 0 saturated carbocycles. The number of aromatic nitrogens is 2. The largest absolute Gasteiger partial charge is 0.381 e. The third kappa shape index (κ3) is 3.14. The van der Waals surface area contributed by atoms with Crippen LogP contribution in [-0.4, -0.2) is 9.55 Å². The van der Waals surface area contributed by atoms with Gasteiger partial charge in [-0.15, -0.1) is 0 Å². The zero-order valence-electron chi connectivity index (χ0n) is 12.4. The Labute approximate surface area is 125 Å². The molecule has 2 aromatic carbocycles. The van der Waals surface area contributed by atoms with Crippen molar-refractivity contribution < 1.29 is 0 Å². The summed E-state index contributed by atoms with van der Waals surface area (Å²) in [6, 6.07) is 15.0. The summed E-state index contributed by atoms with van der Waals surface area (Å²) < 4.78 is 2.00. The number of aryl methyl sites for hydroxylation is 2. The summed E-state index contributed by atoms with van der Waals surface area (Å²) >= 11 is 0. The lowest BCUT2D eigenvalue weighted by atomic mass is 10.1. The number of imidazole rings is 1. The molecule has 0 amide bonds. The molecule has 0 spiro atoms. The summed E-state index contributed by atoms with van der Waals surface area (Å²) in [5.41, 5.74) is 6.16. The van der Waals surface area contributed by atoms with Crippen molar-refractivity contribution in [1.29, 1.82) is 0 Å². The van der Waals surface area contributed by atoms with Crippen LogP contribution < -0.4 is 5.32 Å². The highest BCUT2D eigenvalue weighted by Crippen LogP contribution is 2.17. The summed E-state index contributed by atoms with van der Waals surface area (Å²) in [4.78, 5) is 4.06. The van der Waals surface area contributed by atoms with Crippen LogP contribution in [-0.2, 0) is 6.54 Å². The number of benzene rings is 2. The van der Waals surface area contributed by atoms with Crippen LogP contribution in [0.1, 0.15) is 16.7 Å². The topological polar surface area (TPSA) is 29.9 Å². The quantitative estimate of drug-likeness (QED) is 0.778. The van der Waals surface area contributed by atoms with Gasteiger partial charge in [-0.2, -0.15) is 0 Å². The molecule has 0 fully saturated rings. The van der Waals surface area contributed by atoms with Crippen LogP contribution in [0.15, 0.2) is 61.2 Å². The second-order valence-electron chi connectivity index (χ2n) is 5.31. The summed E-state index contributed by atoms with van der Waals surface area (Å²) in [6.45, 7) is 5.08. The fourth-order valence-corrected chi connectivity index (χ4v) is 2.41. The molecule has 0 aliphatic rings. The van der Waals surface area contributed by atoms with Gasteiger partial charge in [-0.05, 0) is 43.2 Å². The van der Waals surface area contributed by atoms with E-state index < -0.39 is 0 Å².